The van der Waals surface area contributed by atoms with Gasteiger partial charge in [-0.1, -0.05) is 6.07 Å². The molecule has 0 spiro atoms. The van der Waals surface area contributed by atoms with Gasteiger partial charge < -0.3 is 19.5 Å². The summed E-state index contributed by atoms with van der Waals surface area (Å²) in [6.07, 6.45) is 1.89. The summed E-state index contributed by atoms with van der Waals surface area (Å²) in [5, 5.41) is 17.3. The van der Waals surface area contributed by atoms with E-state index >= 15 is 0 Å². The number of carbonyl (C=O) groups is 3. The minimum Gasteiger partial charge on any atom is -0.493 e. The number of nitro benzene ring substituents is 1. The van der Waals surface area contributed by atoms with E-state index in [1.54, 1.807) is 36.4 Å². The zero-order valence-corrected chi connectivity index (χ0v) is 21.2. The molecule has 12 nitrogen and oxygen atoms in total. The summed E-state index contributed by atoms with van der Waals surface area (Å²) in [6, 6.07) is 16.6. The van der Waals surface area contributed by atoms with Gasteiger partial charge in [-0.15, -0.1) is 0 Å². The molecule has 2 amide bonds. The number of hydrogen-bond acceptors (Lipinski definition) is 9. The van der Waals surface area contributed by atoms with Crippen LogP contribution in [0.1, 0.15) is 39.1 Å². The fourth-order valence-electron chi connectivity index (χ4n) is 3.30. The van der Waals surface area contributed by atoms with Gasteiger partial charge in [0.1, 0.15) is 5.75 Å². The number of non-ortho nitro benzene ring substituents is 1. The summed E-state index contributed by atoms with van der Waals surface area (Å²) < 4.78 is 15.7. The number of hydrogen-bond donors (Lipinski definition) is 2. The summed E-state index contributed by atoms with van der Waals surface area (Å²) in [4.78, 5) is 46.8. The lowest BCUT2D eigenvalue weighted by Crippen LogP contribution is -2.26. The molecule has 0 aromatic heterocycles. The third kappa shape index (κ3) is 8.39. The molecule has 0 atom stereocenters. The summed E-state index contributed by atoms with van der Waals surface area (Å²) >= 11 is 0. The minimum atomic E-state index is -0.577. The standard InChI is InChI=1S/C27H26N4O8/c1-37-23-13-10-20(16-24(23)38-2)27(34)39-22-11-8-18(9-12-22)17-29-30-25(32)7-4-14-28-26(33)19-5-3-6-21(15-19)31(35)36/h3,5-6,8-13,15-17H,4,7,14H2,1-2H3,(H,28,33)(H,30,32)/b29-17+. The van der Waals surface area contributed by atoms with Gasteiger partial charge in [0.05, 0.1) is 30.9 Å². The van der Waals surface area contributed by atoms with Gasteiger partial charge >= 0.3 is 5.97 Å². The predicted molar refractivity (Wildman–Crippen MR) is 141 cm³/mol. The number of hydrazone groups is 1. The highest BCUT2D eigenvalue weighted by Crippen LogP contribution is 2.28. The largest absolute Gasteiger partial charge is 0.493 e. The van der Waals surface area contributed by atoms with Crippen LogP contribution in [0.25, 0.3) is 0 Å². The summed E-state index contributed by atoms with van der Waals surface area (Å²) in [7, 11) is 2.97. The number of nitrogens with one attached hydrogen (secondary N) is 2. The molecule has 3 aromatic rings. The summed E-state index contributed by atoms with van der Waals surface area (Å²) in [6.45, 7) is 0.210. The number of carbonyl (C=O) groups excluding carboxylic acids is 3. The van der Waals surface area contributed by atoms with E-state index in [0.717, 1.165) is 0 Å². The number of methoxy groups -OCH3 is 2. The molecule has 0 radical (unpaired) electrons. The Labute approximate surface area is 223 Å². The van der Waals surface area contributed by atoms with Crippen LogP contribution in [0.15, 0.2) is 71.8 Å². The van der Waals surface area contributed by atoms with Crippen LogP contribution < -0.4 is 25.0 Å². The lowest BCUT2D eigenvalue weighted by Gasteiger charge is -2.09. The number of ether oxygens (including phenoxy) is 3. The SMILES string of the molecule is COc1ccc(C(=O)Oc2ccc(/C=N/NC(=O)CCCNC(=O)c3cccc([N+](=O)[O-])c3)cc2)cc1OC. The third-order valence-corrected chi connectivity index (χ3v) is 5.30. The van der Waals surface area contributed by atoms with Crippen LogP contribution in [0.2, 0.25) is 0 Å². The van der Waals surface area contributed by atoms with Gasteiger partial charge in [0.15, 0.2) is 11.5 Å². The molecular weight excluding hydrogens is 508 g/mol. The molecule has 12 heteroatoms. The van der Waals surface area contributed by atoms with Crippen molar-refractivity contribution in [3.05, 3.63) is 93.5 Å². The quantitative estimate of drug-likeness (QED) is 0.0892. The molecule has 39 heavy (non-hydrogen) atoms. The lowest BCUT2D eigenvalue weighted by molar-refractivity contribution is -0.384. The number of benzene rings is 3. The number of nitrogens with zero attached hydrogens (tertiary/aromatic N) is 2. The second-order valence-corrected chi connectivity index (χ2v) is 7.99. The van der Waals surface area contributed by atoms with E-state index in [4.69, 9.17) is 14.2 Å². The first-order valence-corrected chi connectivity index (χ1v) is 11.7. The van der Waals surface area contributed by atoms with Gasteiger partial charge in [0, 0.05) is 30.7 Å². The van der Waals surface area contributed by atoms with Crippen LogP contribution in [-0.2, 0) is 4.79 Å². The monoisotopic (exact) mass is 534 g/mol. The van der Waals surface area contributed by atoms with Gasteiger partial charge in [-0.3, -0.25) is 19.7 Å². The van der Waals surface area contributed by atoms with E-state index < -0.39 is 16.8 Å². The molecule has 202 valence electrons. The first-order valence-electron chi connectivity index (χ1n) is 11.7. The molecule has 0 unspecified atom stereocenters. The minimum absolute atomic E-state index is 0.109. The third-order valence-electron chi connectivity index (χ3n) is 5.30. The Morgan fingerprint density at radius 1 is 0.949 bits per heavy atom. The Morgan fingerprint density at radius 2 is 1.69 bits per heavy atom. The van der Waals surface area contributed by atoms with E-state index in [2.05, 4.69) is 15.8 Å². The molecule has 2 N–H and O–H groups in total. The van der Waals surface area contributed by atoms with Crippen molar-refractivity contribution in [1.82, 2.24) is 10.7 Å². The zero-order valence-electron chi connectivity index (χ0n) is 21.2. The molecule has 3 aromatic carbocycles. The maximum atomic E-state index is 12.4. The zero-order chi connectivity index (χ0) is 28.2. The molecule has 0 aliphatic heterocycles. The van der Waals surface area contributed by atoms with E-state index in [-0.39, 0.29) is 30.1 Å². The van der Waals surface area contributed by atoms with Gasteiger partial charge in [0.2, 0.25) is 5.91 Å². The Kier molecular flexibility index (Phi) is 10.1. The van der Waals surface area contributed by atoms with Crippen molar-refractivity contribution in [3.8, 4) is 17.2 Å². The number of amides is 2. The van der Waals surface area contributed by atoms with Crippen LogP contribution in [0.4, 0.5) is 5.69 Å². The van der Waals surface area contributed by atoms with Crippen LogP contribution in [0.5, 0.6) is 17.2 Å². The van der Waals surface area contributed by atoms with E-state index in [1.807, 2.05) is 0 Å². The highest BCUT2D eigenvalue weighted by atomic mass is 16.6. The van der Waals surface area contributed by atoms with Crippen LogP contribution in [0, 0.1) is 10.1 Å². The maximum absolute atomic E-state index is 12.4. The number of rotatable bonds is 12. The van der Waals surface area contributed by atoms with E-state index in [0.29, 0.717) is 34.8 Å². The molecule has 0 aliphatic carbocycles. The smallest absolute Gasteiger partial charge is 0.343 e. The van der Waals surface area contributed by atoms with Crippen LogP contribution in [0.3, 0.4) is 0 Å². The number of esters is 1. The topological polar surface area (TPSA) is 158 Å². The van der Waals surface area contributed by atoms with Crippen molar-refractivity contribution >= 4 is 29.7 Å². The fourth-order valence-corrected chi connectivity index (χ4v) is 3.30. The fraction of sp³-hybridized carbons (Fsp3) is 0.185. The van der Waals surface area contributed by atoms with Gasteiger partial charge in [-0.25, -0.2) is 10.2 Å². The Bertz CT molecular complexity index is 1370. The van der Waals surface area contributed by atoms with Gasteiger partial charge in [0.25, 0.3) is 11.6 Å². The Hall–Kier alpha value is -5.26. The van der Waals surface area contributed by atoms with Crippen LogP contribution >= 0.6 is 0 Å². The maximum Gasteiger partial charge on any atom is 0.343 e. The molecular formula is C27H26N4O8. The normalized spacial score (nSPS) is 10.5. The van der Waals surface area contributed by atoms with Crippen LogP contribution in [-0.4, -0.2) is 49.7 Å². The molecule has 0 aliphatic rings. The molecule has 0 fully saturated rings. The second-order valence-electron chi connectivity index (χ2n) is 7.99. The van der Waals surface area contributed by atoms with Crippen molar-refractivity contribution in [3.63, 3.8) is 0 Å². The Morgan fingerprint density at radius 3 is 2.38 bits per heavy atom. The van der Waals surface area contributed by atoms with E-state index in [1.165, 1.54) is 50.8 Å². The predicted octanol–water partition coefficient (Wildman–Crippen LogP) is 3.49. The molecule has 0 bridgehead atoms. The average Bonchev–Trinajstić information content (AvgIpc) is 2.95. The Balaban J connectivity index is 1.40. The highest BCUT2D eigenvalue weighted by molar-refractivity contribution is 5.95. The van der Waals surface area contributed by atoms with Crippen molar-refractivity contribution in [1.29, 1.82) is 0 Å². The van der Waals surface area contributed by atoms with Gasteiger partial charge in [-0.2, -0.15) is 5.10 Å². The molecule has 0 saturated heterocycles. The van der Waals surface area contributed by atoms with Crippen molar-refractivity contribution in [2.75, 3.05) is 20.8 Å². The molecule has 0 saturated carbocycles. The second kappa shape index (κ2) is 13.9. The van der Waals surface area contributed by atoms with Crippen molar-refractivity contribution in [2.45, 2.75) is 12.8 Å². The highest BCUT2D eigenvalue weighted by Gasteiger charge is 2.13. The average molecular weight is 535 g/mol. The number of nitro groups is 1. The molecule has 0 heterocycles. The van der Waals surface area contributed by atoms with Gasteiger partial charge in [-0.05, 0) is 60.5 Å². The summed E-state index contributed by atoms with van der Waals surface area (Å²) in [5.74, 6) is -0.152. The lowest BCUT2D eigenvalue weighted by atomic mass is 10.2. The molecule has 3 rings (SSSR count). The summed E-state index contributed by atoms with van der Waals surface area (Å²) in [5.41, 5.74) is 3.34. The van der Waals surface area contributed by atoms with Crippen molar-refractivity contribution < 1.29 is 33.5 Å². The first kappa shape index (κ1) is 28.3. The first-order chi connectivity index (χ1) is 18.8. The van der Waals surface area contributed by atoms with E-state index in [9.17, 15) is 24.5 Å². The van der Waals surface area contributed by atoms with Crippen molar-refractivity contribution in [2.24, 2.45) is 5.10 Å².